The lowest BCUT2D eigenvalue weighted by Crippen LogP contribution is -2.43. The Hall–Kier alpha value is -0.250. The van der Waals surface area contributed by atoms with Crippen LogP contribution in [0.5, 0.6) is 0 Å². The summed E-state index contributed by atoms with van der Waals surface area (Å²) in [6, 6.07) is 0.734. The summed E-state index contributed by atoms with van der Waals surface area (Å²) >= 11 is 1.95. The zero-order chi connectivity index (χ0) is 13.2. The summed E-state index contributed by atoms with van der Waals surface area (Å²) in [5.41, 5.74) is 1.43. The zero-order valence-electron chi connectivity index (χ0n) is 12.0. The molecule has 0 bridgehead atoms. The molecule has 18 heavy (non-hydrogen) atoms. The van der Waals surface area contributed by atoms with Crippen LogP contribution in [0.4, 0.5) is 0 Å². The van der Waals surface area contributed by atoms with E-state index >= 15 is 0 Å². The Kier molecular flexibility index (Phi) is 8.47. The van der Waals surface area contributed by atoms with Crippen molar-refractivity contribution in [3.05, 3.63) is 24.3 Å². The van der Waals surface area contributed by atoms with E-state index in [-0.39, 0.29) is 0 Å². The third-order valence-electron chi connectivity index (χ3n) is 3.26. The maximum absolute atomic E-state index is 3.73. The summed E-state index contributed by atoms with van der Waals surface area (Å²) < 4.78 is 0. The van der Waals surface area contributed by atoms with E-state index in [9.17, 15) is 0 Å². The average molecular weight is 268 g/mol. The van der Waals surface area contributed by atoms with E-state index in [0.717, 1.165) is 24.9 Å². The van der Waals surface area contributed by atoms with Gasteiger partial charge in [-0.1, -0.05) is 17.7 Å². The van der Waals surface area contributed by atoms with Gasteiger partial charge in [0.15, 0.2) is 0 Å². The van der Waals surface area contributed by atoms with Gasteiger partial charge in [0.1, 0.15) is 0 Å². The molecule has 0 saturated carbocycles. The second-order valence-corrected chi connectivity index (χ2v) is 6.32. The summed E-state index contributed by atoms with van der Waals surface area (Å²) in [5, 5.41) is 3.67. The minimum Gasteiger partial charge on any atom is -0.313 e. The predicted octanol–water partition coefficient (Wildman–Crippen LogP) is 2.93. The second kappa shape index (κ2) is 9.65. The van der Waals surface area contributed by atoms with Gasteiger partial charge in [-0.25, -0.2) is 0 Å². The number of thioether (sulfide) groups is 1. The molecule has 1 heterocycles. The Morgan fingerprint density at radius 1 is 1.39 bits per heavy atom. The first-order valence-electron chi connectivity index (χ1n) is 7.00. The molecule has 2 nitrogen and oxygen atoms in total. The van der Waals surface area contributed by atoms with Gasteiger partial charge in [-0.2, -0.15) is 11.8 Å². The van der Waals surface area contributed by atoms with Crippen LogP contribution >= 0.6 is 11.8 Å². The van der Waals surface area contributed by atoms with Gasteiger partial charge < -0.3 is 5.32 Å². The molecule has 3 heteroatoms. The van der Waals surface area contributed by atoms with Gasteiger partial charge >= 0.3 is 0 Å². The van der Waals surface area contributed by atoms with Crippen LogP contribution in [0.2, 0.25) is 0 Å². The van der Waals surface area contributed by atoms with Crippen LogP contribution in [-0.2, 0) is 0 Å². The zero-order valence-corrected chi connectivity index (χ0v) is 12.8. The van der Waals surface area contributed by atoms with Crippen molar-refractivity contribution >= 4 is 11.8 Å². The minimum absolute atomic E-state index is 0.734. The van der Waals surface area contributed by atoms with Gasteiger partial charge in [0.2, 0.25) is 0 Å². The molecule has 0 atom stereocenters. The van der Waals surface area contributed by atoms with E-state index in [1.165, 1.54) is 37.3 Å². The van der Waals surface area contributed by atoms with E-state index in [4.69, 9.17) is 0 Å². The SMILES string of the molecule is C=CCSCCNC1CCN(CC=C(C)C)CC1. The summed E-state index contributed by atoms with van der Waals surface area (Å²) in [5.74, 6) is 2.27. The highest BCUT2D eigenvalue weighted by Gasteiger charge is 2.17. The van der Waals surface area contributed by atoms with Crippen LogP contribution in [0.25, 0.3) is 0 Å². The molecular weight excluding hydrogens is 240 g/mol. The summed E-state index contributed by atoms with van der Waals surface area (Å²) in [4.78, 5) is 2.55. The number of nitrogens with zero attached hydrogens (tertiary/aromatic N) is 1. The number of piperidine rings is 1. The van der Waals surface area contributed by atoms with E-state index in [1.54, 1.807) is 0 Å². The number of hydrogen-bond acceptors (Lipinski definition) is 3. The standard InChI is InChI=1S/C15H28N2S/c1-4-12-18-13-8-16-15-6-10-17(11-7-15)9-5-14(2)3/h4-5,15-16H,1,6-13H2,2-3H3. The highest BCUT2D eigenvalue weighted by atomic mass is 32.2. The van der Waals surface area contributed by atoms with Gasteiger partial charge in [0.25, 0.3) is 0 Å². The first-order valence-corrected chi connectivity index (χ1v) is 8.15. The molecule has 0 unspecified atom stereocenters. The molecule has 1 aliphatic heterocycles. The molecule has 0 radical (unpaired) electrons. The molecule has 1 saturated heterocycles. The van der Waals surface area contributed by atoms with Crippen molar-refractivity contribution in [3.8, 4) is 0 Å². The molecule has 1 rings (SSSR count). The van der Waals surface area contributed by atoms with Gasteiger partial charge in [-0.05, 0) is 39.8 Å². The van der Waals surface area contributed by atoms with Crippen LogP contribution in [0.3, 0.4) is 0 Å². The van der Waals surface area contributed by atoms with Crippen LogP contribution < -0.4 is 5.32 Å². The molecule has 0 aromatic rings. The molecule has 0 aromatic heterocycles. The first-order chi connectivity index (χ1) is 8.72. The van der Waals surface area contributed by atoms with Gasteiger partial charge in [-0.3, -0.25) is 4.90 Å². The van der Waals surface area contributed by atoms with Crippen molar-refractivity contribution in [1.29, 1.82) is 0 Å². The highest BCUT2D eigenvalue weighted by molar-refractivity contribution is 7.99. The van der Waals surface area contributed by atoms with Crippen LogP contribution in [0, 0.1) is 0 Å². The lowest BCUT2D eigenvalue weighted by molar-refractivity contribution is 0.216. The molecule has 0 spiro atoms. The van der Waals surface area contributed by atoms with Crippen molar-refractivity contribution in [2.24, 2.45) is 0 Å². The Labute approximate surface area is 117 Å². The molecule has 1 N–H and O–H groups in total. The fraction of sp³-hybridized carbons (Fsp3) is 0.733. The van der Waals surface area contributed by atoms with Crippen molar-refractivity contribution < 1.29 is 0 Å². The number of rotatable bonds is 8. The van der Waals surface area contributed by atoms with Crippen molar-refractivity contribution in [3.63, 3.8) is 0 Å². The molecule has 1 aliphatic rings. The van der Waals surface area contributed by atoms with E-state index in [2.05, 4.69) is 36.7 Å². The molecule has 0 aliphatic carbocycles. The van der Waals surface area contributed by atoms with Gasteiger partial charge in [0.05, 0.1) is 0 Å². The topological polar surface area (TPSA) is 15.3 Å². The van der Waals surface area contributed by atoms with Gasteiger partial charge in [-0.15, -0.1) is 6.58 Å². The lowest BCUT2D eigenvalue weighted by atomic mass is 10.1. The Balaban J connectivity index is 2.04. The molecular formula is C15H28N2S. The Bertz CT molecular complexity index is 251. The molecule has 0 aromatic carbocycles. The van der Waals surface area contributed by atoms with Crippen molar-refractivity contribution in [1.82, 2.24) is 10.2 Å². The van der Waals surface area contributed by atoms with E-state index in [1.807, 2.05) is 17.8 Å². The maximum Gasteiger partial charge on any atom is 0.0165 e. The van der Waals surface area contributed by atoms with E-state index < -0.39 is 0 Å². The van der Waals surface area contributed by atoms with Crippen molar-refractivity contribution in [2.75, 3.05) is 37.7 Å². The molecule has 0 amide bonds. The minimum atomic E-state index is 0.734. The third kappa shape index (κ3) is 7.24. The predicted molar refractivity (Wildman–Crippen MR) is 84.4 cm³/mol. The molecule has 104 valence electrons. The average Bonchev–Trinajstić information content (AvgIpc) is 2.37. The van der Waals surface area contributed by atoms with E-state index in [0.29, 0.717) is 0 Å². The van der Waals surface area contributed by atoms with Crippen LogP contribution in [0.15, 0.2) is 24.3 Å². The fourth-order valence-electron chi connectivity index (χ4n) is 2.13. The Morgan fingerprint density at radius 2 is 2.11 bits per heavy atom. The quantitative estimate of drug-likeness (QED) is 0.538. The second-order valence-electron chi connectivity index (χ2n) is 5.17. The number of nitrogens with one attached hydrogen (secondary N) is 1. The first kappa shape index (κ1) is 15.8. The van der Waals surface area contributed by atoms with Gasteiger partial charge in [0, 0.05) is 30.6 Å². The lowest BCUT2D eigenvalue weighted by Gasteiger charge is -2.31. The number of likely N-dealkylation sites (tertiary alicyclic amines) is 1. The number of allylic oxidation sites excluding steroid dienone is 1. The fourth-order valence-corrected chi connectivity index (χ4v) is 2.73. The summed E-state index contributed by atoms with van der Waals surface area (Å²) in [6.07, 6.45) is 6.90. The molecule has 1 fully saturated rings. The van der Waals surface area contributed by atoms with Crippen LogP contribution in [0.1, 0.15) is 26.7 Å². The summed E-state index contributed by atoms with van der Waals surface area (Å²) in [7, 11) is 0. The normalized spacial score (nSPS) is 17.7. The monoisotopic (exact) mass is 268 g/mol. The highest BCUT2D eigenvalue weighted by Crippen LogP contribution is 2.10. The smallest absolute Gasteiger partial charge is 0.0165 e. The summed E-state index contributed by atoms with van der Waals surface area (Å²) in [6.45, 7) is 12.8. The largest absolute Gasteiger partial charge is 0.313 e. The third-order valence-corrected chi connectivity index (χ3v) is 4.22. The Morgan fingerprint density at radius 3 is 2.72 bits per heavy atom. The number of hydrogen-bond donors (Lipinski definition) is 1. The maximum atomic E-state index is 3.73. The van der Waals surface area contributed by atoms with Crippen molar-refractivity contribution in [2.45, 2.75) is 32.7 Å². The van der Waals surface area contributed by atoms with Crippen LogP contribution in [-0.4, -0.2) is 48.6 Å².